The second-order valence-corrected chi connectivity index (χ2v) is 7.47. The Hall–Kier alpha value is -3.77. The van der Waals surface area contributed by atoms with Crippen LogP contribution in [0.3, 0.4) is 0 Å². The van der Waals surface area contributed by atoms with E-state index in [1.807, 2.05) is 0 Å². The molecule has 0 saturated heterocycles. The van der Waals surface area contributed by atoms with Gasteiger partial charge in [-0.15, -0.1) is 0 Å². The number of ether oxygens (including phenoxy) is 4. The number of para-hydroxylation sites is 1. The van der Waals surface area contributed by atoms with Gasteiger partial charge < -0.3 is 18.9 Å². The highest BCUT2D eigenvalue weighted by Gasteiger charge is 2.31. The fraction of sp³-hybridized carbons (Fsp3) is 0.120. The third-order valence-corrected chi connectivity index (χ3v) is 5.17. The topological polar surface area (TPSA) is 71.1 Å². The molecule has 1 aliphatic rings. The normalized spacial score (nSPS) is 13.5. The SMILES string of the molecule is COc1cccc(/C=C2\Oc3cc(OC(=O)c4cccc(Cl)c4)cc(C)c3C2=O)c1OC. The van der Waals surface area contributed by atoms with E-state index in [4.69, 9.17) is 30.5 Å². The third-order valence-electron chi connectivity index (χ3n) is 4.93. The number of methoxy groups -OCH3 is 2. The van der Waals surface area contributed by atoms with E-state index < -0.39 is 5.97 Å². The molecule has 0 N–H and O–H groups in total. The van der Waals surface area contributed by atoms with E-state index in [1.165, 1.54) is 26.4 Å². The lowest BCUT2D eigenvalue weighted by Gasteiger charge is -2.10. The van der Waals surface area contributed by atoms with Crippen molar-refractivity contribution < 1.29 is 28.5 Å². The van der Waals surface area contributed by atoms with Crippen LogP contribution in [0.4, 0.5) is 0 Å². The molecule has 0 unspecified atom stereocenters. The Morgan fingerprint density at radius 1 is 1.03 bits per heavy atom. The van der Waals surface area contributed by atoms with E-state index in [1.54, 1.807) is 55.5 Å². The minimum Gasteiger partial charge on any atom is -0.493 e. The molecule has 0 spiro atoms. The molecule has 0 aliphatic carbocycles. The fourth-order valence-electron chi connectivity index (χ4n) is 3.48. The molecule has 0 aromatic heterocycles. The summed E-state index contributed by atoms with van der Waals surface area (Å²) >= 11 is 5.94. The average Bonchev–Trinajstić information content (AvgIpc) is 3.08. The molecule has 0 amide bonds. The van der Waals surface area contributed by atoms with E-state index in [0.717, 1.165) is 0 Å². The van der Waals surface area contributed by atoms with Crippen molar-refractivity contribution in [3.05, 3.63) is 87.6 Å². The van der Waals surface area contributed by atoms with Crippen LogP contribution in [0.15, 0.2) is 60.4 Å². The monoisotopic (exact) mass is 450 g/mol. The van der Waals surface area contributed by atoms with Crippen molar-refractivity contribution >= 4 is 29.4 Å². The first-order valence-corrected chi connectivity index (χ1v) is 10.1. The lowest BCUT2D eigenvalue weighted by atomic mass is 10.0. The highest BCUT2D eigenvalue weighted by molar-refractivity contribution is 6.30. The van der Waals surface area contributed by atoms with E-state index in [2.05, 4.69) is 0 Å². The van der Waals surface area contributed by atoms with E-state index in [9.17, 15) is 9.59 Å². The van der Waals surface area contributed by atoms with Crippen LogP contribution >= 0.6 is 11.6 Å². The molecule has 6 nitrogen and oxygen atoms in total. The number of halogens is 1. The Bertz CT molecular complexity index is 1260. The predicted octanol–water partition coefficient (Wildman–Crippen LogP) is 5.50. The largest absolute Gasteiger partial charge is 0.493 e. The summed E-state index contributed by atoms with van der Waals surface area (Å²) in [6, 6.07) is 14.9. The number of ketones is 1. The first-order chi connectivity index (χ1) is 15.4. The van der Waals surface area contributed by atoms with Crippen LogP contribution in [0.5, 0.6) is 23.0 Å². The van der Waals surface area contributed by atoms with Crippen molar-refractivity contribution in [1.29, 1.82) is 0 Å². The quantitative estimate of drug-likeness (QED) is 0.290. The van der Waals surface area contributed by atoms with Crippen LogP contribution in [0.2, 0.25) is 5.02 Å². The Kier molecular flexibility index (Phi) is 5.88. The molecule has 7 heteroatoms. The van der Waals surface area contributed by atoms with E-state index in [0.29, 0.717) is 44.5 Å². The minimum atomic E-state index is -0.562. The molecule has 1 heterocycles. The number of carbonyl (C=O) groups is 2. The van der Waals surface area contributed by atoms with Crippen molar-refractivity contribution in [3.63, 3.8) is 0 Å². The highest BCUT2D eigenvalue weighted by Crippen LogP contribution is 2.39. The summed E-state index contributed by atoms with van der Waals surface area (Å²) in [4.78, 5) is 25.4. The highest BCUT2D eigenvalue weighted by atomic mass is 35.5. The average molecular weight is 451 g/mol. The minimum absolute atomic E-state index is 0.132. The van der Waals surface area contributed by atoms with Gasteiger partial charge in [0.05, 0.1) is 25.3 Å². The van der Waals surface area contributed by atoms with Crippen molar-refractivity contribution in [2.75, 3.05) is 14.2 Å². The summed E-state index contributed by atoms with van der Waals surface area (Å²) in [6.07, 6.45) is 1.60. The number of esters is 1. The fourth-order valence-corrected chi connectivity index (χ4v) is 3.67. The molecule has 0 bridgehead atoms. The van der Waals surface area contributed by atoms with Gasteiger partial charge in [0.25, 0.3) is 0 Å². The lowest BCUT2D eigenvalue weighted by Crippen LogP contribution is -2.08. The zero-order valence-corrected chi connectivity index (χ0v) is 18.4. The zero-order valence-electron chi connectivity index (χ0n) is 17.6. The van der Waals surface area contributed by atoms with Crippen LogP contribution in [-0.4, -0.2) is 26.0 Å². The van der Waals surface area contributed by atoms with Crippen molar-refractivity contribution in [3.8, 4) is 23.0 Å². The summed E-state index contributed by atoms with van der Waals surface area (Å²) < 4.78 is 22.0. The number of benzene rings is 3. The van der Waals surface area contributed by atoms with Crippen LogP contribution in [0.1, 0.15) is 31.8 Å². The maximum Gasteiger partial charge on any atom is 0.343 e. The molecule has 0 saturated carbocycles. The number of hydrogen-bond donors (Lipinski definition) is 0. The first kappa shape index (κ1) is 21.5. The Balaban J connectivity index is 1.64. The predicted molar refractivity (Wildman–Crippen MR) is 120 cm³/mol. The van der Waals surface area contributed by atoms with Gasteiger partial charge >= 0.3 is 5.97 Å². The number of hydrogen-bond acceptors (Lipinski definition) is 6. The molecular weight excluding hydrogens is 432 g/mol. The van der Waals surface area contributed by atoms with Gasteiger partial charge in [-0.3, -0.25) is 4.79 Å². The number of aryl methyl sites for hydroxylation is 1. The Morgan fingerprint density at radius 2 is 1.81 bits per heavy atom. The van der Waals surface area contributed by atoms with Gasteiger partial charge in [-0.2, -0.15) is 0 Å². The number of carbonyl (C=O) groups excluding carboxylic acids is 2. The van der Waals surface area contributed by atoms with Gasteiger partial charge in [0.15, 0.2) is 17.3 Å². The van der Waals surface area contributed by atoms with Gasteiger partial charge in [0.1, 0.15) is 11.5 Å². The third kappa shape index (κ3) is 4.05. The first-order valence-electron chi connectivity index (χ1n) is 9.69. The second kappa shape index (κ2) is 8.77. The van der Waals surface area contributed by atoms with Crippen LogP contribution in [0, 0.1) is 6.92 Å². The summed E-state index contributed by atoms with van der Waals surface area (Å²) in [7, 11) is 3.06. The van der Waals surface area contributed by atoms with Crippen molar-refractivity contribution in [2.45, 2.75) is 6.92 Å². The number of Topliss-reactive ketones (excluding diaryl/α,β-unsaturated/α-hetero) is 1. The van der Waals surface area contributed by atoms with Crippen molar-refractivity contribution in [1.82, 2.24) is 0 Å². The van der Waals surface area contributed by atoms with Gasteiger partial charge in [0.2, 0.25) is 5.78 Å². The number of fused-ring (bicyclic) bond motifs is 1. The molecule has 3 aromatic carbocycles. The van der Waals surface area contributed by atoms with Gasteiger partial charge in [-0.25, -0.2) is 4.79 Å². The molecule has 32 heavy (non-hydrogen) atoms. The summed E-state index contributed by atoms with van der Waals surface area (Å²) in [5, 5.41) is 0.432. The molecular formula is C25H19ClO6. The second-order valence-electron chi connectivity index (χ2n) is 7.04. The molecule has 162 valence electrons. The van der Waals surface area contributed by atoms with Crippen LogP contribution < -0.4 is 18.9 Å². The van der Waals surface area contributed by atoms with Crippen molar-refractivity contribution in [2.24, 2.45) is 0 Å². The molecule has 0 radical (unpaired) electrons. The van der Waals surface area contributed by atoms with E-state index >= 15 is 0 Å². The number of allylic oxidation sites excluding steroid dienone is 1. The Labute approximate surface area is 189 Å². The standard InChI is InChI=1S/C25H19ClO6/c1-14-10-18(31-25(28)16-7-4-8-17(26)11-16)13-20-22(14)23(27)21(32-20)12-15-6-5-9-19(29-2)24(15)30-3/h4-13H,1-3H3/b21-12-. The molecule has 1 aliphatic heterocycles. The molecule has 4 rings (SSSR count). The summed E-state index contributed by atoms with van der Waals surface area (Å²) in [6.45, 7) is 1.76. The Morgan fingerprint density at radius 3 is 2.53 bits per heavy atom. The molecule has 0 atom stereocenters. The number of rotatable bonds is 5. The zero-order chi connectivity index (χ0) is 22.8. The van der Waals surface area contributed by atoms with Gasteiger partial charge in [0, 0.05) is 16.7 Å². The molecule has 3 aromatic rings. The van der Waals surface area contributed by atoms with E-state index in [-0.39, 0.29) is 17.3 Å². The van der Waals surface area contributed by atoms with Crippen LogP contribution in [0.25, 0.3) is 6.08 Å². The van der Waals surface area contributed by atoms with Gasteiger partial charge in [-0.05, 0) is 48.9 Å². The molecule has 0 fully saturated rings. The maximum atomic E-state index is 13.0. The lowest BCUT2D eigenvalue weighted by molar-refractivity contribution is 0.0734. The van der Waals surface area contributed by atoms with Gasteiger partial charge in [-0.1, -0.05) is 29.8 Å². The van der Waals surface area contributed by atoms with Crippen LogP contribution in [-0.2, 0) is 0 Å². The maximum absolute atomic E-state index is 13.0. The smallest absolute Gasteiger partial charge is 0.343 e. The summed E-state index contributed by atoms with van der Waals surface area (Å²) in [5.41, 5.74) is 2.00. The summed E-state index contributed by atoms with van der Waals surface area (Å²) in [5.74, 6) is 0.909.